The summed E-state index contributed by atoms with van der Waals surface area (Å²) in [4.78, 5) is 0. The van der Waals surface area contributed by atoms with Gasteiger partial charge in [-0.05, 0) is 33.6 Å². The Morgan fingerprint density at radius 1 is 1.50 bits per heavy atom. The highest BCUT2D eigenvalue weighted by Gasteiger charge is 1.96. The molecule has 0 aromatic carbocycles. The molecular weight excluding hydrogens is 146 g/mol. The molecule has 12 heavy (non-hydrogen) atoms. The van der Waals surface area contributed by atoms with E-state index in [0.717, 1.165) is 13.0 Å². The predicted octanol–water partition coefficient (Wildman–Crippen LogP) is 2.90. The maximum absolute atomic E-state index is 3.70. The van der Waals surface area contributed by atoms with E-state index < -0.39 is 0 Å². The molecule has 1 heteroatoms. The van der Waals surface area contributed by atoms with Gasteiger partial charge in [0.05, 0.1) is 0 Å². The highest BCUT2D eigenvalue weighted by atomic mass is 14.9. The summed E-state index contributed by atoms with van der Waals surface area (Å²) in [5.74, 6) is 0. The van der Waals surface area contributed by atoms with Crippen LogP contribution in [-0.4, -0.2) is 12.6 Å². The first-order chi connectivity index (χ1) is 5.66. The lowest BCUT2D eigenvalue weighted by Gasteiger charge is -2.10. The van der Waals surface area contributed by atoms with Crippen LogP contribution >= 0.6 is 0 Å². The molecule has 0 aromatic heterocycles. The van der Waals surface area contributed by atoms with Crippen molar-refractivity contribution < 1.29 is 0 Å². The molecule has 0 saturated carbocycles. The quantitative estimate of drug-likeness (QED) is 0.600. The molecule has 70 valence electrons. The van der Waals surface area contributed by atoms with Crippen LogP contribution in [0.3, 0.4) is 0 Å². The molecule has 1 N–H and O–H groups in total. The van der Waals surface area contributed by atoms with E-state index in [4.69, 9.17) is 0 Å². The molecule has 1 unspecified atom stereocenters. The molecule has 0 bridgehead atoms. The van der Waals surface area contributed by atoms with E-state index in [1.54, 1.807) is 0 Å². The Morgan fingerprint density at radius 2 is 2.17 bits per heavy atom. The van der Waals surface area contributed by atoms with Gasteiger partial charge in [0, 0.05) is 12.6 Å². The number of allylic oxidation sites excluding steroid dienone is 2. The Labute approximate surface area is 76.6 Å². The van der Waals surface area contributed by atoms with Crippen LogP contribution in [0.5, 0.6) is 0 Å². The maximum atomic E-state index is 3.70. The molecule has 0 radical (unpaired) electrons. The van der Waals surface area contributed by atoms with Gasteiger partial charge >= 0.3 is 0 Å². The molecule has 0 aliphatic heterocycles. The smallest absolute Gasteiger partial charge is 0.0139 e. The van der Waals surface area contributed by atoms with E-state index in [-0.39, 0.29) is 0 Å². The van der Waals surface area contributed by atoms with E-state index in [2.05, 4.69) is 38.7 Å². The highest BCUT2D eigenvalue weighted by Crippen LogP contribution is 1.96. The highest BCUT2D eigenvalue weighted by molar-refractivity contribution is 4.94. The van der Waals surface area contributed by atoms with Crippen LogP contribution in [0, 0.1) is 0 Å². The fourth-order valence-electron chi connectivity index (χ4n) is 0.934. The van der Waals surface area contributed by atoms with Crippen molar-refractivity contribution in [2.24, 2.45) is 0 Å². The maximum Gasteiger partial charge on any atom is 0.0139 e. The molecule has 0 aliphatic carbocycles. The summed E-state index contributed by atoms with van der Waals surface area (Å²) in [5.41, 5.74) is 1.37. The Morgan fingerprint density at radius 3 is 2.67 bits per heavy atom. The van der Waals surface area contributed by atoms with Gasteiger partial charge in [-0.25, -0.2) is 0 Å². The van der Waals surface area contributed by atoms with Crippen LogP contribution < -0.4 is 5.32 Å². The summed E-state index contributed by atoms with van der Waals surface area (Å²) in [6, 6.07) is 0.596. The van der Waals surface area contributed by atoms with E-state index in [9.17, 15) is 0 Å². The first-order valence-electron chi connectivity index (χ1n) is 4.64. The fraction of sp³-hybridized carbons (Fsp3) is 0.636. The zero-order chi connectivity index (χ0) is 9.40. The Bertz CT molecular complexity index is 143. The average molecular weight is 167 g/mol. The SMILES string of the molecule is C=CCCC(C)NCC=C(C)C. The second-order valence-electron chi connectivity index (χ2n) is 3.46. The molecular formula is C11H21N. The molecule has 0 aliphatic rings. The average Bonchev–Trinajstić information content (AvgIpc) is 2.00. The molecule has 0 saturated heterocycles. The van der Waals surface area contributed by atoms with Crippen LogP contribution in [0.4, 0.5) is 0 Å². The van der Waals surface area contributed by atoms with Gasteiger partial charge < -0.3 is 5.32 Å². The minimum absolute atomic E-state index is 0.596. The van der Waals surface area contributed by atoms with Gasteiger partial charge in [-0.15, -0.1) is 6.58 Å². The number of nitrogens with one attached hydrogen (secondary N) is 1. The third kappa shape index (κ3) is 7.55. The topological polar surface area (TPSA) is 12.0 Å². The lowest BCUT2D eigenvalue weighted by molar-refractivity contribution is 0.547. The molecule has 1 atom stereocenters. The van der Waals surface area contributed by atoms with Crippen LogP contribution in [0.25, 0.3) is 0 Å². The minimum Gasteiger partial charge on any atom is -0.311 e. The first-order valence-corrected chi connectivity index (χ1v) is 4.64. The summed E-state index contributed by atoms with van der Waals surface area (Å²) in [5, 5.41) is 3.42. The van der Waals surface area contributed by atoms with E-state index in [1.165, 1.54) is 12.0 Å². The van der Waals surface area contributed by atoms with Gasteiger partial charge in [0.2, 0.25) is 0 Å². The molecule has 0 spiro atoms. The van der Waals surface area contributed by atoms with Gasteiger partial charge in [-0.1, -0.05) is 17.7 Å². The zero-order valence-corrected chi connectivity index (χ0v) is 8.56. The van der Waals surface area contributed by atoms with Crippen molar-refractivity contribution in [2.45, 2.75) is 39.7 Å². The fourth-order valence-corrected chi connectivity index (χ4v) is 0.934. The van der Waals surface area contributed by atoms with Gasteiger partial charge in [-0.3, -0.25) is 0 Å². The van der Waals surface area contributed by atoms with Crippen molar-refractivity contribution in [1.82, 2.24) is 5.32 Å². The second kappa shape index (κ2) is 7.11. The summed E-state index contributed by atoms with van der Waals surface area (Å²) in [6.45, 7) is 11.1. The lowest BCUT2D eigenvalue weighted by Crippen LogP contribution is -2.25. The Hall–Kier alpha value is -0.560. The molecule has 0 heterocycles. The van der Waals surface area contributed by atoms with Crippen LogP contribution in [-0.2, 0) is 0 Å². The Balaban J connectivity index is 3.37. The van der Waals surface area contributed by atoms with Crippen molar-refractivity contribution in [3.05, 3.63) is 24.3 Å². The van der Waals surface area contributed by atoms with E-state index >= 15 is 0 Å². The molecule has 0 aromatic rings. The third-order valence-corrected chi connectivity index (χ3v) is 1.78. The van der Waals surface area contributed by atoms with Crippen molar-refractivity contribution in [1.29, 1.82) is 0 Å². The number of rotatable bonds is 6. The predicted molar refractivity (Wildman–Crippen MR) is 56.3 cm³/mol. The Kier molecular flexibility index (Phi) is 6.78. The number of hydrogen-bond donors (Lipinski definition) is 1. The second-order valence-corrected chi connectivity index (χ2v) is 3.46. The van der Waals surface area contributed by atoms with E-state index in [1.807, 2.05) is 6.08 Å². The summed E-state index contributed by atoms with van der Waals surface area (Å²) < 4.78 is 0. The first kappa shape index (κ1) is 11.4. The number of hydrogen-bond acceptors (Lipinski definition) is 1. The largest absolute Gasteiger partial charge is 0.311 e. The van der Waals surface area contributed by atoms with Crippen LogP contribution in [0.2, 0.25) is 0 Å². The van der Waals surface area contributed by atoms with Gasteiger partial charge in [0.15, 0.2) is 0 Å². The zero-order valence-electron chi connectivity index (χ0n) is 8.56. The summed E-state index contributed by atoms with van der Waals surface area (Å²) >= 11 is 0. The van der Waals surface area contributed by atoms with Gasteiger partial charge in [0.25, 0.3) is 0 Å². The van der Waals surface area contributed by atoms with Crippen molar-refractivity contribution in [3.63, 3.8) is 0 Å². The van der Waals surface area contributed by atoms with Gasteiger partial charge in [-0.2, -0.15) is 0 Å². The minimum atomic E-state index is 0.596. The standard InChI is InChI=1S/C11H21N/c1-5-6-7-11(4)12-9-8-10(2)3/h5,8,11-12H,1,6-7,9H2,2-4H3. The van der Waals surface area contributed by atoms with Crippen molar-refractivity contribution in [3.8, 4) is 0 Å². The van der Waals surface area contributed by atoms with E-state index in [0.29, 0.717) is 6.04 Å². The van der Waals surface area contributed by atoms with Crippen molar-refractivity contribution in [2.75, 3.05) is 6.54 Å². The molecule has 1 nitrogen and oxygen atoms in total. The van der Waals surface area contributed by atoms with Crippen molar-refractivity contribution >= 4 is 0 Å². The van der Waals surface area contributed by atoms with Crippen LogP contribution in [0.1, 0.15) is 33.6 Å². The summed E-state index contributed by atoms with van der Waals surface area (Å²) in [7, 11) is 0. The molecule has 0 fully saturated rings. The lowest BCUT2D eigenvalue weighted by atomic mass is 10.2. The summed E-state index contributed by atoms with van der Waals surface area (Å²) in [6.07, 6.45) is 6.46. The monoisotopic (exact) mass is 167 g/mol. The van der Waals surface area contributed by atoms with Gasteiger partial charge in [0.1, 0.15) is 0 Å². The molecule has 0 amide bonds. The normalized spacial score (nSPS) is 12.2. The molecule has 0 rings (SSSR count). The third-order valence-electron chi connectivity index (χ3n) is 1.78. The van der Waals surface area contributed by atoms with Crippen LogP contribution in [0.15, 0.2) is 24.3 Å².